The van der Waals surface area contributed by atoms with Gasteiger partial charge in [0.1, 0.15) is 5.82 Å². The lowest BCUT2D eigenvalue weighted by molar-refractivity contribution is 0.815. The summed E-state index contributed by atoms with van der Waals surface area (Å²) in [5.74, 6) is 9.00. The van der Waals surface area contributed by atoms with Gasteiger partial charge in [-0.2, -0.15) is 16.7 Å². The fourth-order valence-corrected chi connectivity index (χ4v) is 2.25. The van der Waals surface area contributed by atoms with Crippen LogP contribution in [0.2, 0.25) is 0 Å². The topological polar surface area (TPSA) is 67.1 Å². The van der Waals surface area contributed by atoms with Gasteiger partial charge in [-0.25, -0.2) is 10.8 Å². The van der Waals surface area contributed by atoms with Crippen LogP contribution in [0.3, 0.4) is 0 Å². The number of nitrogens with two attached hydrogens (primary N) is 1. The standard InChI is InChI=1S/C8H13N5S/c9-12-7-1-2-10-8(11-7)13-3-5-14-6-4-13/h1-2H,3-6,9H2,(H,10,11,12). The molecule has 2 rings (SSSR count). The van der Waals surface area contributed by atoms with Crippen LogP contribution >= 0.6 is 11.8 Å². The first-order valence-corrected chi connectivity index (χ1v) is 5.68. The van der Waals surface area contributed by atoms with E-state index >= 15 is 0 Å². The normalized spacial score (nSPS) is 16.8. The fraction of sp³-hybridized carbons (Fsp3) is 0.500. The molecule has 0 saturated carbocycles. The molecule has 1 saturated heterocycles. The first kappa shape index (κ1) is 9.54. The summed E-state index contributed by atoms with van der Waals surface area (Å²) in [7, 11) is 0. The molecule has 5 nitrogen and oxygen atoms in total. The average molecular weight is 211 g/mol. The molecule has 0 bridgehead atoms. The van der Waals surface area contributed by atoms with Gasteiger partial charge >= 0.3 is 0 Å². The minimum atomic E-state index is 0.660. The van der Waals surface area contributed by atoms with Crippen LogP contribution in [0.25, 0.3) is 0 Å². The molecule has 1 aromatic heterocycles. The van der Waals surface area contributed by atoms with E-state index in [-0.39, 0.29) is 0 Å². The highest BCUT2D eigenvalue weighted by atomic mass is 32.2. The zero-order valence-corrected chi connectivity index (χ0v) is 8.63. The molecule has 0 aromatic carbocycles. The number of rotatable bonds is 2. The van der Waals surface area contributed by atoms with Gasteiger partial charge in [-0.05, 0) is 0 Å². The van der Waals surface area contributed by atoms with Crippen LogP contribution in [0.15, 0.2) is 12.3 Å². The molecule has 1 aliphatic heterocycles. The highest BCUT2D eigenvalue weighted by Crippen LogP contribution is 2.15. The van der Waals surface area contributed by atoms with Crippen molar-refractivity contribution in [3.8, 4) is 0 Å². The number of thioether (sulfide) groups is 1. The quantitative estimate of drug-likeness (QED) is 0.542. The van der Waals surface area contributed by atoms with Crippen molar-refractivity contribution in [1.82, 2.24) is 9.97 Å². The maximum absolute atomic E-state index is 5.29. The van der Waals surface area contributed by atoms with Gasteiger partial charge in [-0.3, -0.25) is 0 Å². The lowest BCUT2D eigenvalue weighted by Crippen LogP contribution is -2.34. The van der Waals surface area contributed by atoms with Crippen LogP contribution in [-0.4, -0.2) is 34.6 Å². The number of hydrogen-bond donors (Lipinski definition) is 2. The van der Waals surface area contributed by atoms with Gasteiger partial charge in [0.2, 0.25) is 5.95 Å². The number of nitrogens with zero attached hydrogens (tertiary/aromatic N) is 3. The second-order valence-electron chi connectivity index (χ2n) is 2.99. The Balaban J connectivity index is 2.13. The fourth-order valence-electron chi connectivity index (χ4n) is 1.34. The van der Waals surface area contributed by atoms with Crippen LogP contribution < -0.4 is 16.2 Å². The van der Waals surface area contributed by atoms with Crippen LogP contribution in [0, 0.1) is 0 Å². The summed E-state index contributed by atoms with van der Waals surface area (Å²) in [4.78, 5) is 10.7. The minimum absolute atomic E-state index is 0.660. The molecule has 0 aliphatic carbocycles. The second kappa shape index (κ2) is 4.47. The molecule has 1 aromatic rings. The lowest BCUT2D eigenvalue weighted by atomic mass is 10.5. The molecule has 1 aliphatic rings. The van der Waals surface area contributed by atoms with E-state index in [1.54, 1.807) is 12.3 Å². The van der Waals surface area contributed by atoms with Gasteiger partial charge in [-0.15, -0.1) is 0 Å². The molecule has 0 atom stereocenters. The third kappa shape index (κ3) is 2.08. The molecule has 3 N–H and O–H groups in total. The van der Waals surface area contributed by atoms with Crippen molar-refractivity contribution in [2.24, 2.45) is 5.84 Å². The van der Waals surface area contributed by atoms with E-state index in [4.69, 9.17) is 5.84 Å². The number of aromatic nitrogens is 2. The van der Waals surface area contributed by atoms with E-state index in [1.165, 1.54) is 0 Å². The van der Waals surface area contributed by atoms with Crippen LogP contribution in [0.1, 0.15) is 0 Å². The maximum atomic E-state index is 5.29. The molecule has 6 heteroatoms. The van der Waals surface area contributed by atoms with Crippen molar-refractivity contribution in [3.05, 3.63) is 12.3 Å². The highest BCUT2D eigenvalue weighted by molar-refractivity contribution is 7.99. The smallest absolute Gasteiger partial charge is 0.227 e. The number of nitrogens with one attached hydrogen (secondary N) is 1. The average Bonchev–Trinajstić information content (AvgIpc) is 2.30. The third-order valence-electron chi connectivity index (χ3n) is 2.08. The van der Waals surface area contributed by atoms with Crippen molar-refractivity contribution < 1.29 is 0 Å². The number of hydrogen-bond acceptors (Lipinski definition) is 6. The SMILES string of the molecule is NNc1ccnc(N2CCSCC2)n1. The Morgan fingerprint density at radius 3 is 2.93 bits per heavy atom. The van der Waals surface area contributed by atoms with Crippen molar-refractivity contribution >= 4 is 23.5 Å². The molecule has 1 fully saturated rings. The van der Waals surface area contributed by atoms with Crippen LogP contribution in [-0.2, 0) is 0 Å². The van der Waals surface area contributed by atoms with Crippen molar-refractivity contribution in [2.45, 2.75) is 0 Å². The monoisotopic (exact) mass is 211 g/mol. The van der Waals surface area contributed by atoms with Crippen LogP contribution in [0.5, 0.6) is 0 Å². The summed E-state index contributed by atoms with van der Waals surface area (Å²) in [6.45, 7) is 2.03. The Morgan fingerprint density at radius 2 is 2.21 bits per heavy atom. The molecular formula is C8H13N5S. The molecule has 0 unspecified atom stereocenters. The first-order chi connectivity index (χ1) is 6.90. The van der Waals surface area contributed by atoms with E-state index in [2.05, 4.69) is 20.3 Å². The summed E-state index contributed by atoms with van der Waals surface area (Å²) < 4.78 is 0. The Bertz CT molecular complexity index is 300. The number of nitrogen functional groups attached to an aromatic ring is 1. The summed E-state index contributed by atoms with van der Waals surface area (Å²) in [6.07, 6.45) is 1.72. The van der Waals surface area contributed by atoms with E-state index in [1.807, 2.05) is 11.8 Å². The predicted molar refractivity (Wildman–Crippen MR) is 59.4 cm³/mol. The largest absolute Gasteiger partial charge is 0.339 e. The highest BCUT2D eigenvalue weighted by Gasteiger charge is 2.13. The zero-order chi connectivity index (χ0) is 9.80. The Hall–Kier alpha value is -1.01. The van der Waals surface area contributed by atoms with E-state index < -0.39 is 0 Å². The summed E-state index contributed by atoms with van der Waals surface area (Å²) in [5.41, 5.74) is 2.52. The number of hydrazine groups is 1. The molecule has 76 valence electrons. The predicted octanol–water partition coefficient (Wildman–Crippen LogP) is 0.315. The zero-order valence-electron chi connectivity index (χ0n) is 7.81. The first-order valence-electron chi connectivity index (χ1n) is 4.52. The van der Waals surface area contributed by atoms with Crippen LogP contribution in [0.4, 0.5) is 11.8 Å². The van der Waals surface area contributed by atoms with E-state index in [9.17, 15) is 0 Å². The maximum Gasteiger partial charge on any atom is 0.227 e. The van der Waals surface area contributed by atoms with Gasteiger partial charge in [0.25, 0.3) is 0 Å². The van der Waals surface area contributed by atoms with Gasteiger partial charge in [0.05, 0.1) is 0 Å². The van der Waals surface area contributed by atoms with Gasteiger partial charge in [0.15, 0.2) is 0 Å². The van der Waals surface area contributed by atoms with Gasteiger partial charge in [-0.1, -0.05) is 0 Å². The Morgan fingerprint density at radius 1 is 1.43 bits per heavy atom. The van der Waals surface area contributed by atoms with Crippen molar-refractivity contribution in [3.63, 3.8) is 0 Å². The van der Waals surface area contributed by atoms with Gasteiger partial charge in [0, 0.05) is 36.9 Å². The summed E-state index contributed by atoms with van der Waals surface area (Å²) >= 11 is 1.97. The summed E-state index contributed by atoms with van der Waals surface area (Å²) in [6, 6.07) is 1.75. The Kier molecular flexibility index (Phi) is 3.05. The molecule has 0 amide bonds. The van der Waals surface area contributed by atoms with Crippen molar-refractivity contribution in [1.29, 1.82) is 0 Å². The minimum Gasteiger partial charge on any atom is -0.339 e. The van der Waals surface area contributed by atoms with E-state index in [0.717, 1.165) is 30.5 Å². The molecule has 0 radical (unpaired) electrons. The number of anilines is 2. The lowest BCUT2D eigenvalue weighted by Gasteiger charge is -2.26. The molecule has 2 heterocycles. The molecule has 14 heavy (non-hydrogen) atoms. The second-order valence-corrected chi connectivity index (χ2v) is 4.21. The molecule has 0 spiro atoms. The Labute approximate surface area is 87.1 Å². The van der Waals surface area contributed by atoms with Gasteiger partial charge < -0.3 is 10.3 Å². The molecular weight excluding hydrogens is 198 g/mol. The van der Waals surface area contributed by atoms with Crippen molar-refractivity contribution in [2.75, 3.05) is 34.9 Å². The third-order valence-corrected chi connectivity index (χ3v) is 3.03. The van der Waals surface area contributed by atoms with E-state index in [0.29, 0.717) is 5.82 Å². The summed E-state index contributed by atoms with van der Waals surface area (Å²) in [5, 5.41) is 0.